The van der Waals surface area contributed by atoms with Crippen molar-refractivity contribution in [1.82, 2.24) is 10.2 Å². The van der Waals surface area contributed by atoms with Crippen LogP contribution < -0.4 is 19.7 Å². The Kier molecular flexibility index (Phi) is 9.55. The Balaban J connectivity index is 1.58. The molecule has 0 spiro atoms. The Labute approximate surface area is 209 Å². The molecule has 0 aromatic heterocycles. The van der Waals surface area contributed by atoms with Gasteiger partial charge < -0.3 is 24.6 Å². The third-order valence-corrected chi connectivity index (χ3v) is 6.01. The summed E-state index contributed by atoms with van der Waals surface area (Å²) >= 11 is 0. The molecule has 7 heteroatoms. The van der Waals surface area contributed by atoms with Gasteiger partial charge in [-0.05, 0) is 76.4 Å². The lowest BCUT2D eigenvalue weighted by molar-refractivity contribution is -0.137. The lowest BCUT2D eigenvalue weighted by Crippen LogP contribution is -2.44. The van der Waals surface area contributed by atoms with Gasteiger partial charge in [-0.15, -0.1) is 0 Å². The summed E-state index contributed by atoms with van der Waals surface area (Å²) in [4.78, 5) is 28.4. The van der Waals surface area contributed by atoms with E-state index in [2.05, 4.69) is 17.4 Å². The zero-order chi connectivity index (χ0) is 25.4. The highest BCUT2D eigenvalue weighted by Gasteiger charge is 2.22. The van der Waals surface area contributed by atoms with Gasteiger partial charge in [-0.3, -0.25) is 9.59 Å². The predicted octanol–water partition coefficient (Wildman–Crippen LogP) is 4.53. The van der Waals surface area contributed by atoms with Gasteiger partial charge in [-0.25, -0.2) is 0 Å². The molecule has 1 N–H and O–H groups in total. The third kappa shape index (κ3) is 7.21. The highest BCUT2D eigenvalue weighted by Crippen LogP contribution is 2.29. The van der Waals surface area contributed by atoms with E-state index in [0.717, 1.165) is 29.8 Å². The van der Waals surface area contributed by atoms with Crippen LogP contribution in [0, 0.1) is 0 Å². The van der Waals surface area contributed by atoms with Crippen molar-refractivity contribution >= 4 is 17.5 Å². The summed E-state index contributed by atoms with van der Waals surface area (Å²) in [6, 6.07) is 14.2. The van der Waals surface area contributed by atoms with E-state index in [4.69, 9.17) is 9.47 Å². The molecular weight excluding hydrogens is 442 g/mol. The topological polar surface area (TPSA) is 71.1 Å². The standard InChI is InChI=1S/C28H39N3O4/c1-6-34-26-16-23(12-13-25(26)35-19-28(33)31(20(2)3)21(4)5)18-29-17-22-9-7-10-24(15-22)30-14-8-11-27(30)32/h7,9-10,12-13,15-16,20-21,29H,6,8,11,14,17-19H2,1-5H3. The first-order chi connectivity index (χ1) is 16.8. The normalized spacial score (nSPS) is 13.6. The van der Waals surface area contributed by atoms with Crippen molar-refractivity contribution in [2.45, 2.75) is 72.6 Å². The van der Waals surface area contributed by atoms with E-state index in [9.17, 15) is 9.59 Å². The largest absolute Gasteiger partial charge is 0.490 e. The molecule has 0 saturated carbocycles. The molecule has 190 valence electrons. The van der Waals surface area contributed by atoms with E-state index in [1.54, 1.807) is 0 Å². The number of ether oxygens (including phenoxy) is 2. The Hall–Kier alpha value is -3.06. The van der Waals surface area contributed by atoms with Crippen molar-refractivity contribution in [3.63, 3.8) is 0 Å². The molecular formula is C28H39N3O4. The lowest BCUT2D eigenvalue weighted by atomic mass is 10.1. The van der Waals surface area contributed by atoms with Gasteiger partial charge in [0.25, 0.3) is 5.91 Å². The number of hydrogen-bond donors (Lipinski definition) is 1. The van der Waals surface area contributed by atoms with Crippen molar-refractivity contribution in [2.75, 3.05) is 24.7 Å². The summed E-state index contributed by atoms with van der Waals surface area (Å²) < 4.78 is 11.7. The smallest absolute Gasteiger partial charge is 0.260 e. The molecule has 1 aliphatic rings. The fraction of sp³-hybridized carbons (Fsp3) is 0.500. The van der Waals surface area contributed by atoms with Crippen molar-refractivity contribution in [1.29, 1.82) is 0 Å². The number of benzene rings is 2. The molecule has 2 aromatic carbocycles. The monoisotopic (exact) mass is 481 g/mol. The number of hydrogen-bond acceptors (Lipinski definition) is 5. The van der Waals surface area contributed by atoms with Crippen LogP contribution in [0.4, 0.5) is 5.69 Å². The van der Waals surface area contributed by atoms with Gasteiger partial charge in [0.1, 0.15) is 0 Å². The van der Waals surface area contributed by atoms with Crippen LogP contribution in [-0.4, -0.2) is 48.6 Å². The van der Waals surface area contributed by atoms with Gasteiger partial charge in [-0.2, -0.15) is 0 Å². The Morgan fingerprint density at radius 1 is 1.00 bits per heavy atom. The molecule has 3 rings (SSSR count). The van der Waals surface area contributed by atoms with Crippen molar-refractivity contribution < 1.29 is 19.1 Å². The number of anilines is 1. The number of rotatable bonds is 12. The second-order valence-electron chi connectivity index (χ2n) is 9.41. The van der Waals surface area contributed by atoms with E-state index in [0.29, 0.717) is 37.6 Å². The van der Waals surface area contributed by atoms with Crippen LogP contribution in [0.15, 0.2) is 42.5 Å². The summed E-state index contributed by atoms with van der Waals surface area (Å²) in [5.41, 5.74) is 3.16. The van der Waals surface area contributed by atoms with Crippen molar-refractivity contribution in [2.24, 2.45) is 0 Å². The highest BCUT2D eigenvalue weighted by atomic mass is 16.5. The van der Waals surface area contributed by atoms with Gasteiger partial charge in [0, 0.05) is 43.8 Å². The quantitative estimate of drug-likeness (QED) is 0.482. The second-order valence-corrected chi connectivity index (χ2v) is 9.41. The number of carbonyl (C=O) groups excluding carboxylic acids is 2. The first-order valence-electron chi connectivity index (χ1n) is 12.6. The van der Waals surface area contributed by atoms with Crippen LogP contribution in [0.5, 0.6) is 11.5 Å². The van der Waals surface area contributed by atoms with Gasteiger partial charge in [-0.1, -0.05) is 18.2 Å². The highest BCUT2D eigenvalue weighted by molar-refractivity contribution is 5.95. The maximum absolute atomic E-state index is 12.7. The Bertz CT molecular complexity index is 997. The average Bonchev–Trinajstić information content (AvgIpc) is 3.24. The lowest BCUT2D eigenvalue weighted by Gasteiger charge is -2.30. The minimum Gasteiger partial charge on any atom is -0.490 e. The van der Waals surface area contributed by atoms with Gasteiger partial charge in [0.05, 0.1) is 6.61 Å². The number of amides is 2. The molecule has 7 nitrogen and oxygen atoms in total. The first-order valence-corrected chi connectivity index (χ1v) is 12.6. The van der Waals surface area contributed by atoms with Crippen LogP contribution in [0.2, 0.25) is 0 Å². The molecule has 2 amide bonds. The second kappa shape index (κ2) is 12.6. The number of nitrogens with zero attached hydrogens (tertiary/aromatic N) is 2. The SMILES string of the molecule is CCOc1cc(CNCc2cccc(N3CCCC3=O)c2)ccc1OCC(=O)N(C(C)C)C(C)C. The van der Waals surface area contributed by atoms with Crippen LogP contribution in [0.3, 0.4) is 0 Å². The molecule has 0 atom stereocenters. The van der Waals surface area contributed by atoms with Gasteiger partial charge >= 0.3 is 0 Å². The molecule has 0 unspecified atom stereocenters. The molecule has 35 heavy (non-hydrogen) atoms. The Morgan fingerprint density at radius 3 is 2.34 bits per heavy atom. The summed E-state index contributed by atoms with van der Waals surface area (Å²) in [6.07, 6.45) is 1.55. The molecule has 1 heterocycles. The summed E-state index contributed by atoms with van der Waals surface area (Å²) in [5, 5.41) is 3.47. The third-order valence-electron chi connectivity index (χ3n) is 6.01. The van der Waals surface area contributed by atoms with Crippen molar-refractivity contribution in [3.8, 4) is 11.5 Å². The van der Waals surface area contributed by atoms with Gasteiger partial charge in [0.15, 0.2) is 18.1 Å². The number of nitrogens with one attached hydrogen (secondary N) is 1. The average molecular weight is 482 g/mol. The fourth-order valence-electron chi connectivity index (χ4n) is 4.54. The maximum atomic E-state index is 12.7. The molecule has 0 aliphatic carbocycles. The van der Waals surface area contributed by atoms with Crippen LogP contribution in [0.1, 0.15) is 58.6 Å². The van der Waals surface area contributed by atoms with Gasteiger partial charge in [0.2, 0.25) is 5.91 Å². The molecule has 2 aromatic rings. The van der Waals surface area contributed by atoms with E-state index in [1.165, 1.54) is 0 Å². The minimum absolute atomic E-state index is 0.0239. The van der Waals surface area contributed by atoms with E-state index in [1.807, 2.05) is 74.8 Å². The maximum Gasteiger partial charge on any atom is 0.260 e. The molecule has 1 fully saturated rings. The van der Waals surface area contributed by atoms with Crippen LogP contribution in [-0.2, 0) is 22.7 Å². The summed E-state index contributed by atoms with van der Waals surface area (Å²) in [7, 11) is 0. The fourth-order valence-corrected chi connectivity index (χ4v) is 4.54. The number of carbonyl (C=O) groups is 2. The van der Waals surface area contributed by atoms with E-state index in [-0.39, 0.29) is 30.5 Å². The summed E-state index contributed by atoms with van der Waals surface area (Å²) in [5.74, 6) is 1.36. The predicted molar refractivity (Wildman–Crippen MR) is 139 cm³/mol. The van der Waals surface area contributed by atoms with Crippen LogP contribution >= 0.6 is 0 Å². The molecule has 1 saturated heterocycles. The minimum atomic E-state index is -0.0407. The zero-order valence-corrected chi connectivity index (χ0v) is 21.7. The molecule has 1 aliphatic heterocycles. The van der Waals surface area contributed by atoms with E-state index < -0.39 is 0 Å². The van der Waals surface area contributed by atoms with E-state index >= 15 is 0 Å². The van der Waals surface area contributed by atoms with Crippen LogP contribution in [0.25, 0.3) is 0 Å². The van der Waals surface area contributed by atoms with Crippen molar-refractivity contribution in [3.05, 3.63) is 53.6 Å². The molecule has 0 bridgehead atoms. The Morgan fingerprint density at radius 2 is 1.71 bits per heavy atom. The molecule has 0 radical (unpaired) electrons. The summed E-state index contributed by atoms with van der Waals surface area (Å²) in [6.45, 7) is 12.6. The first kappa shape index (κ1) is 26.5. The zero-order valence-electron chi connectivity index (χ0n) is 21.7.